The molecule has 2 unspecified atom stereocenters. The number of aliphatic hydroxyl groups excluding tert-OH is 1. The van der Waals surface area contributed by atoms with E-state index in [4.69, 9.17) is 15.9 Å². The Morgan fingerprint density at radius 3 is 2.92 bits per heavy atom. The number of hydrogen-bond acceptors (Lipinski definition) is 5. The third-order valence-corrected chi connectivity index (χ3v) is 2.19. The van der Waals surface area contributed by atoms with Crippen LogP contribution in [0.3, 0.4) is 0 Å². The van der Waals surface area contributed by atoms with E-state index in [2.05, 4.69) is 9.98 Å². The van der Waals surface area contributed by atoms with Crippen molar-refractivity contribution in [3.05, 3.63) is 0 Å². The molecule has 5 nitrogen and oxygen atoms in total. The van der Waals surface area contributed by atoms with Crippen LogP contribution in [0.2, 0.25) is 0 Å². The van der Waals surface area contributed by atoms with Crippen molar-refractivity contribution in [3.63, 3.8) is 0 Å². The molecule has 0 saturated carbocycles. The summed E-state index contributed by atoms with van der Waals surface area (Å²) in [7, 11) is 0. The predicted molar refractivity (Wildman–Crippen MR) is 50.5 cm³/mol. The van der Waals surface area contributed by atoms with E-state index in [1.807, 2.05) is 0 Å². The van der Waals surface area contributed by atoms with Crippen molar-refractivity contribution >= 4 is 12.2 Å². The zero-order chi connectivity index (χ0) is 9.84. The highest BCUT2D eigenvalue weighted by Gasteiger charge is 2.23. The van der Waals surface area contributed by atoms with Gasteiger partial charge in [-0.2, -0.15) is 0 Å². The lowest BCUT2D eigenvalue weighted by Crippen LogP contribution is -2.31. The Hall–Kier alpha value is -0.940. The summed E-state index contributed by atoms with van der Waals surface area (Å²) in [5, 5.41) is 18.1. The first-order valence-electron chi connectivity index (χ1n) is 4.33. The van der Waals surface area contributed by atoms with Gasteiger partial charge in [0.1, 0.15) is 0 Å². The molecule has 0 bridgehead atoms. The summed E-state index contributed by atoms with van der Waals surface area (Å²) in [6.45, 7) is 1.80. The van der Waals surface area contributed by atoms with Gasteiger partial charge in [-0.1, -0.05) is 0 Å². The summed E-state index contributed by atoms with van der Waals surface area (Å²) < 4.78 is 0. The molecule has 0 aromatic carbocycles. The molecule has 0 spiro atoms. The van der Waals surface area contributed by atoms with Crippen molar-refractivity contribution in [2.45, 2.75) is 32.1 Å². The lowest BCUT2D eigenvalue weighted by Gasteiger charge is -2.23. The molecule has 5 heteroatoms. The molecule has 1 aliphatic heterocycles. The minimum atomic E-state index is -1.34. The molecule has 74 valence electrons. The first-order valence-corrected chi connectivity index (χ1v) is 4.33. The summed E-state index contributed by atoms with van der Waals surface area (Å²) in [5.74, 6) is -0.0526. The lowest BCUT2D eigenvalue weighted by atomic mass is 9.95. The first kappa shape index (κ1) is 10.1. The van der Waals surface area contributed by atoms with E-state index in [1.54, 1.807) is 13.1 Å². The standard InChI is InChI=1S/C8H15N3O2/c1-5-6(7(12)13)3-2-4-10-8(9)11-5/h4-7,12-13H,2-3H2,1H3,(H2,9,11). The van der Waals surface area contributed by atoms with Gasteiger partial charge in [0.25, 0.3) is 0 Å². The van der Waals surface area contributed by atoms with Crippen LogP contribution in [0.25, 0.3) is 0 Å². The topological polar surface area (TPSA) is 91.2 Å². The van der Waals surface area contributed by atoms with Gasteiger partial charge in [-0.3, -0.25) is 0 Å². The van der Waals surface area contributed by atoms with Gasteiger partial charge < -0.3 is 15.9 Å². The summed E-state index contributed by atoms with van der Waals surface area (Å²) in [6, 6.07) is -0.197. The zero-order valence-corrected chi connectivity index (χ0v) is 7.59. The van der Waals surface area contributed by atoms with Crippen LogP contribution in [0.1, 0.15) is 19.8 Å². The largest absolute Gasteiger partial charge is 0.368 e. The Balaban J connectivity index is 2.74. The quantitative estimate of drug-likeness (QED) is 0.480. The Kier molecular flexibility index (Phi) is 3.39. The maximum Gasteiger partial charge on any atom is 0.215 e. The SMILES string of the molecule is CC1N=C(N)N=CCCC1C(O)O. The minimum absolute atomic E-state index is 0.197. The fourth-order valence-corrected chi connectivity index (χ4v) is 1.40. The van der Waals surface area contributed by atoms with Gasteiger partial charge in [0.2, 0.25) is 5.96 Å². The minimum Gasteiger partial charge on any atom is -0.368 e. The summed E-state index contributed by atoms with van der Waals surface area (Å²) in [5.41, 5.74) is 5.45. The predicted octanol–water partition coefficient (Wildman–Crippen LogP) is -0.519. The maximum absolute atomic E-state index is 9.05. The summed E-state index contributed by atoms with van der Waals surface area (Å²) in [6.07, 6.45) is 1.68. The van der Waals surface area contributed by atoms with E-state index in [9.17, 15) is 0 Å². The lowest BCUT2D eigenvalue weighted by molar-refractivity contribution is -0.0902. The van der Waals surface area contributed by atoms with Crippen LogP contribution in [-0.4, -0.2) is 34.7 Å². The molecule has 0 radical (unpaired) electrons. The van der Waals surface area contributed by atoms with E-state index in [0.29, 0.717) is 12.8 Å². The van der Waals surface area contributed by atoms with E-state index < -0.39 is 6.29 Å². The molecule has 1 aliphatic rings. The molecule has 0 saturated heterocycles. The molecule has 0 aromatic rings. The maximum atomic E-state index is 9.05. The van der Waals surface area contributed by atoms with Gasteiger partial charge in [-0.15, -0.1) is 0 Å². The van der Waals surface area contributed by atoms with Gasteiger partial charge >= 0.3 is 0 Å². The Morgan fingerprint density at radius 2 is 2.31 bits per heavy atom. The van der Waals surface area contributed by atoms with E-state index in [-0.39, 0.29) is 17.9 Å². The molecule has 0 aliphatic carbocycles. The number of nitrogens with zero attached hydrogens (tertiary/aromatic N) is 2. The Bertz CT molecular complexity index is 225. The van der Waals surface area contributed by atoms with Crippen molar-refractivity contribution in [2.24, 2.45) is 21.6 Å². The smallest absolute Gasteiger partial charge is 0.215 e. The normalized spacial score (nSPS) is 29.7. The number of rotatable bonds is 1. The Labute approximate surface area is 77.0 Å². The van der Waals surface area contributed by atoms with E-state index >= 15 is 0 Å². The molecule has 0 aromatic heterocycles. The van der Waals surface area contributed by atoms with Crippen LogP contribution in [0.15, 0.2) is 9.98 Å². The molecule has 1 heterocycles. The summed E-state index contributed by atoms with van der Waals surface area (Å²) >= 11 is 0. The van der Waals surface area contributed by atoms with Crippen molar-refractivity contribution in [3.8, 4) is 0 Å². The van der Waals surface area contributed by atoms with Crippen molar-refractivity contribution in [1.82, 2.24) is 0 Å². The second-order valence-electron chi connectivity index (χ2n) is 3.19. The van der Waals surface area contributed by atoms with Crippen LogP contribution in [0.5, 0.6) is 0 Å². The molecular formula is C8H15N3O2. The molecular weight excluding hydrogens is 170 g/mol. The van der Waals surface area contributed by atoms with Crippen molar-refractivity contribution in [2.75, 3.05) is 0 Å². The Morgan fingerprint density at radius 1 is 1.62 bits per heavy atom. The second kappa shape index (κ2) is 4.34. The van der Waals surface area contributed by atoms with Crippen LogP contribution < -0.4 is 5.73 Å². The molecule has 13 heavy (non-hydrogen) atoms. The van der Waals surface area contributed by atoms with Crippen LogP contribution in [0.4, 0.5) is 0 Å². The van der Waals surface area contributed by atoms with Crippen molar-refractivity contribution < 1.29 is 10.2 Å². The highest BCUT2D eigenvalue weighted by atomic mass is 16.5. The number of aliphatic hydroxyl groups is 2. The van der Waals surface area contributed by atoms with Crippen molar-refractivity contribution in [1.29, 1.82) is 0 Å². The number of guanidine groups is 1. The monoisotopic (exact) mass is 185 g/mol. The number of aliphatic imine (C=N–C) groups is 2. The van der Waals surface area contributed by atoms with Gasteiger partial charge in [-0.05, 0) is 19.8 Å². The highest BCUT2D eigenvalue weighted by molar-refractivity contribution is 5.86. The fourth-order valence-electron chi connectivity index (χ4n) is 1.40. The molecule has 2 atom stereocenters. The van der Waals surface area contributed by atoms with Gasteiger partial charge in [0, 0.05) is 12.1 Å². The third kappa shape index (κ3) is 2.78. The van der Waals surface area contributed by atoms with Gasteiger partial charge in [0.05, 0.1) is 6.04 Å². The van der Waals surface area contributed by atoms with Gasteiger partial charge in [-0.25, -0.2) is 9.98 Å². The fraction of sp³-hybridized carbons (Fsp3) is 0.750. The average molecular weight is 185 g/mol. The zero-order valence-electron chi connectivity index (χ0n) is 7.59. The number of hydrogen-bond donors (Lipinski definition) is 3. The average Bonchev–Trinajstić information content (AvgIpc) is 1.99. The third-order valence-electron chi connectivity index (χ3n) is 2.19. The van der Waals surface area contributed by atoms with Crippen LogP contribution in [0, 0.1) is 5.92 Å². The number of nitrogens with two attached hydrogens (primary N) is 1. The van der Waals surface area contributed by atoms with Crippen LogP contribution in [-0.2, 0) is 0 Å². The van der Waals surface area contributed by atoms with Gasteiger partial charge in [0.15, 0.2) is 6.29 Å². The highest BCUT2D eigenvalue weighted by Crippen LogP contribution is 2.18. The molecule has 4 N–H and O–H groups in total. The molecule has 0 fully saturated rings. The molecule has 1 rings (SSSR count). The summed E-state index contributed by atoms with van der Waals surface area (Å²) in [4.78, 5) is 7.88. The van der Waals surface area contributed by atoms with E-state index in [1.165, 1.54) is 0 Å². The first-order chi connectivity index (χ1) is 6.11. The van der Waals surface area contributed by atoms with Crippen LogP contribution >= 0.6 is 0 Å². The molecule has 0 amide bonds. The van der Waals surface area contributed by atoms with E-state index in [0.717, 1.165) is 0 Å². The second-order valence-corrected chi connectivity index (χ2v) is 3.19.